The zero-order valence-corrected chi connectivity index (χ0v) is 13.6. The van der Waals surface area contributed by atoms with Crippen molar-refractivity contribution in [1.29, 1.82) is 0 Å². The largest absolute Gasteiger partial charge is 0.421 e. The first-order valence-electron chi connectivity index (χ1n) is 7.73. The molecule has 0 saturated heterocycles. The molecule has 0 aliphatic heterocycles. The zero-order valence-electron chi connectivity index (χ0n) is 13.6. The van der Waals surface area contributed by atoms with Gasteiger partial charge >= 0.3 is 0 Å². The highest BCUT2D eigenvalue weighted by Crippen LogP contribution is 2.19. The third-order valence-corrected chi connectivity index (χ3v) is 3.60. The van der Waals surface area contributed by atoms with Crippen LogP contribution in [0.1, 0.15) is 23.4 Å². The van der Waals surface area contributed by atoms with E-state index in [0.29, 0.717) is 24.0 Å². The molecular weight excluding hydrogens is 304 g/mol. The minimum Gasteiger partial charge on any atom is -0.421 e. The first-order valence-corrected chi connectivity index (χ1v) is 7.73. The fourth-order valence-electron chi connectivity index (χ4n) is 2.20. The van der Waals surface area contributed by atoms with Crippen LogP contribution in [0, 0.1) is 13.8 Å². The van der Waals surface area contributed by atoms with E-state index >= 15 is 0 Å². The summed E-state index contributed by atoms with van der Waals surface area (Å²) in [6, 6.07) is 11.6. The van der Waals surface area contributed by atoms with Crippen molar-refractivity contribution in [3.05, 3.63) is 59.6 Å². The molecule has 0 aliphatic rings. The molecule has 2 aromatic heterocycles. The maximum absolute atomic E-state index is 12.0. The van der Waals surface area contributed by atoms with E-state index in [-0.39, 0.29) is 12.3 Å². The Morgan fingerprint density at radius 3 is 2.67 bits per heavy atom. The highest BCUT2D eigenvalue weighted by molar-refractivity contribution is 5.90. The molecule has 3 aromatic rings. The number of hydrogen-bond donors (Lipinski definition) is 1. The van der Waals surface area contributed by atoms with Gasteiger partial charge in [0.15, 0.2) is 0 Å². The topological polar surface area (TPSA) is 80.9 Å². The average molecular weight is 322 g/mol. The number of rotatable bonds is 5. The summed E-state index contributed by atoms with van der Waals surface area (Å²) in [5, 5.41) is 10.8. The Morgan fingerprint density at radius 2 is 1.92 bits per heavy atom. The van der Waals surface area contributed by atoms with E-state index in [9.17, 15) is 4.79 Å². The number of hydrogen-bond acceptors (Lipinski definition) is 5. The first kappa shape index (κ1) is 15.9. The number of nitrogens with one attached hydrogen (secondary N) is 1. The highest BCUT2D eigenvalue weighted by atomic mass is 16.4. The SMILES string of the molecule is Cc1ccc(-c2nnc(CCC(=O)Nc3ncccc3C)o2)cc1. The normalized spacial score (nSPS) is 10.6. The number of carbonyl (C=O) groups is 1. The zero-order chi connectivity index (χ0) is 16.9. The van der Waals surface area contributed by atoms with Gasteiger partial charge in [0.25, 0.3) is 0 Å². The van der Waals surface area contributed by atoms with Crippen LogP contribution < -0.4 is 5.32 Å². The molecule has 6 heteroatoms. The molecule has 0 fully saturated rings. The summed E-state index contributed by atoms with van der Waals surface area (Å²) in [6.45, 7) is 3.92. The lowest BCUT2D eigenvalue weighted by Gasteiger charge is -2.05. The van der Waals surface area contributed by atoms with Crippen molar-refractivity contribution in [1.82, 2.24) is 15.2 Å². The molecule has 1 aromatic carbocycles. The van der Waals surface area contributed by atoms with Crippen LogP contribution in [0.3, 0.4) is 0 Å². The predicted molar refractivity (Wildman–Crippen MR) is 90.4 cm³/mol. The molecule has 0 aliphatic carbocycles. The van der Waals surface area contributed by atoms with Crippen molar-refractivity contribution in [2.45, 2.75) is 26.7 Å². The highest BCUT2D eigenvalue weighted by Gasteiger charge is 2.11. The monoisotopic (exact) mass is 322 g/mol. The van der Waals surface area contributed by atoms with E-state index in [4.69, 9.17) is 4.42 Å². The molecule has 1 amide bonds. The molecule has 24 heavy (non-hydrogen) atoms. The third-order valence-electron chi connectivity index (χ3n) is 3.60. The van der Waals surface area contributed by atoms with Crippen LogP contribution in [-0.2, 0) is 11.2 Å². The minimum atomic E-state index is -0.133. The van der Waals surface area contributed by atoms with Crippen LogP contribution in [0.4, 0.5) is 5.82 Å². The Bertz CT molecular complexity index is 840. The fourth-order valence-corrected chi connectivity index (χ4v) is 2.20. The van der Waals surface area contributed by atoms with Crippen LogP contribution >= 0.6 is 0 Å². The fraction of sp³-hybridized carbons (Fsp3) is 0.222. The summed E-state index contributed by atoms with van der Waals surface area (Å²) in [7, 11) is 0. The first-order chi connectivity index (χ1) is 11.6. The molecule has 0 atom stereocenters. The molecule has 0 radical (unpaired) electrons. The molecular formula is C18H18N4O2. The molecule has 0 spiro atoms. The Morgan fingerprint density at radius 1 is 1.12 bits per heavy atom. The predicted octanol–water partition coefficient (Wildman–Crippen LogP) is 3.32. The maximum atomic E-state index is 12.0. The van der Waals surface area contributed by atoms with Gasteiger partial charge in [-0.1, -0.05) is 23.8 Å². The Labute approximate surface area is 140 Å². The summed E-state index contributed by atoms with van der Waals surface area (Å²) >= 11 is 0. The van der Waals surface area contributed by atoms with Crippen molar-refractivity contribution in [3.63, 3.8) is 0 Å². The van der Waals surface area contributed by atoms with Gasteiger partial charge in [0.1, 0.15) is 5.82 Å². The van der Waals surface area contributed by atoms with Gasteiger partial charge in [-0.2, -0.15) is 0 Å². The van der Waals surface area contributed by atoms with Crippen LogP contribution in [0.15, 0.2) is 47.0 Å². The second-order valence-electron chi connectivity index (χ2n) is 5.58. The molecule has 122 valence electrons. The number of pyridine rings is 1. The van der Waals surface area contributed by atoms with Gasteiger partial charge in [0, 0.05) is 24.6 Å². The van der Waals surface area contributed by atoms with Gasteiger partial charge in [0.05, 0.1) is 0 Å². The van der Waals surface area contributed by atoms with E-state index in [1.165, 1.54) is 5.56 Å². The van der Waals surface area contributed by atoms with Crippen molar-refractivity contribution >= 4 is 11.7 Å². The van der Waals surface area contributed by atoms with Crippen molar-refractivity contribution in [2.24, 2.45) is 0 Å². The summed E-state index contributed by atoms with van der Waals surface area (Å²) < 4.78 is 5.62. The number of amides is 1. The van der Waals surface area contributed by atoms with Crippen molar-refractivity contribution in [3.8, 4) is 11.5 Å². The standard InChI is InChI=1S/C18H18N4O2/c1-12-5-7-14(8-6-12)18-22-21-16(24-18)10-9-15(23)20-17-13(2)4-3-11-19-17/h3-8,11H,9-10H2,1-2H3,(H,19,20,23). The second-order valence-corrected chi connectivity index (χ2v) is 5.58. The maximum Gasteiger partial charge on any atom is 0.247 e. The van der Waals surface area contributed by atoms with E-state index in [1.54, 1.807) is 6.20 Å². The molecule has 0 bridgehead atoms. The lowest BCUT2D eigenvalue weighted by atomic mass is 10.1. The number of nitrogens with zero attached hydrogens (tertiary/aromatic N) is 3. The lowest BCUT2D eigenvalue weighted by molar-refractivity contribution is -0.116. The van der Waals surface area contributed by atoms with Gasteiger partial charge in [0.2, 0.25) is 17.7 Å². The number of carbonyl (C=O) groups excluding carboxylic acids is 1. The van der Waals surface area contributed by atoms with Gasteiger partial charge < -0.3 is 9.73 Å². The van der Waals surface area contributed by atoms with E-state index in [1.807, 2.05) is 50.2 Å². The summed E-state index contributed by atoms with van der Waals surface area (Å²) in [5.74, 6) is 1.35. The number of aromatic nitrogens is 3. The molecule has 2 heterocycles. The lowest BCUT2D eigenvalue weighted by Crippen LogP contribution is -2.14. The number of benzene rings is 1. The number of aryl methyl sites for hydroxylation is 3. The Balaban J connectivity index is 1.58. The molecule has 3 rings (SSSR count). The Kier molecular flexibility index (Phi) is 4.65. The summed E-state index contributed by atoms with van der Waals surface area (Å²) in [6.07, 6.45) is 2.29. The third kappa shape index (κ3) is 3.84. The average Bonchev–Trinajstić information content (AvgIpc) is 3.05. The van der Waals surface area contributed by atoms with Gasteiger partial charge in [-0.25, -0.2) is 4.98 Å². The van der Waals surface area contributed by atoms with Gasteiger partial charge in [-0.15, -0.1) is 10.2 Å². The van der Waals surface area contributed by atoms with Crippen LogP contribution in [-0.4, -0.2) is 21.1 Å². The second kappa shape index (κ2) is 7.04. The van der Waals surface area contributed by atoms with Crippen molar-refractivity contribution < 1.29 is 9.21 Å². The van der Waals surface area contributed by atoms with Crippen LogP contribution in [0.5, 0.6) is 0 Å². The minimum absolute atomic E-state index is 0.133. The van der Waals surface area contributed by atoms with E-state index in [0.717, 1.165) is 11.1 Å². The summed E-state index contributed by atoms with van der Waals surface area (Å²) in [5.41, 5.74) is 2.96. The van der Waals surface area contributed by atoms with Gasteiger partial charge in [-0.05, 0) is 37.6 Å². The molecule has 0 saturated carbocycles. The van der Waals surface area contributed by atoms with Crippen molar-refractivity contribution in [2.75, 3.05) is 5.32 Å². The quantitative estimate of drug-likeness (QED) is 0.779. The molecule has 0 unspecified atom stereocenters. The van der Waals surface area contributed by atoms with Gasteiger partial charge in [-0.3, -0.25) is 4.79 Å². The van der Waals surface area contributed by atoms with E-state index in [2.05, 4.69) is 20.5 Å². The van der Waals surface area contributed by atoms with E-state index < -0.39 is 0 Å². The summed E-state index contributed by atoms with van der Waals surface area (Å²) in [4.78, 5) is 16.2. The van der Waals surface area contributed by atoms with Crippen LogP contribution in [0.2, 0.25) is 0 Å². The number of anilines is 1. The molecule has 1 N–H and O–H groups in total. The van der Waals surface area contributed by atoms with Crippen LogP contribution in [0.25, 0.3) is 11.5 Å². The Hall–Kier alpha value is -3.02. The molecule has 6 nitrogen and oxygen atoms in total. The smallest absolute Gasteiger partial charge is 0.247 e.